The summed E-state index contributed by atoms with van der Waals surface area (Å²) in [4.78, 5) is 32.2. The highest BCUT2D eigenvalue weighted by atomic mass is 16.2. The van der Waals surface area contributed by atoms with E-state index >= 15 is 0 Å². The lowest BCUT2D eigenvalue weighted by atomic mass is 10.2. The molecule has 106 valence electrons. The predicted octanol–water partition coefficient (Wildman–Crippen LogP) is 1.76. The van der Waals surface area contributed by atoms with Crippen molar-refractivity contribution in [2.45, 2.75) is 19.8 Å². The molecule has 2 N–H and O–H groups in total. The molecule has 0 radical (unpaired) electrons. The Balaban J connectivity index is 2.01. The van der Waals surface area contributed by atoms with Crippen LogP contribution in [0.5, 0.6) is 0 Å². The average Bonchev–Trinajstić information content (AvgIpc) is 2.91. The van der Waals surface area contributed by atoms with Crippen molar-refractivity contribution in [3.63, 3.8) is 0 Å². The second-order valence-electron chi connectivity index (χ2n) is 4.67. The third kappa shape index (κ3) is 3.14. The summed E-state index contributed by atoms with van der Waals surface area (Å²) in [7, 11) is 1.63. The zero-order chi connectivity index (χ0) is 14.5. The summed E-state index contributed by atoms with van der Waals surface area (Å²) in [5.41, 5.74) is 2.20. The van der Waals surface area contributed by atoms with E-state index in [1.54, 1.807) is 31.6 Å². The number of fused-ring (bicyclic) bond motifs is 1. The van der Waals surface area contributed by atoms with E-state index < -0.39 is 11.8 Å². The second kappa shape index (κ2) is 6.18. The number of benzene rings is 1. The van der Waals surface area contributed by atoms with E-state index in [1.807, 2.05) is 6.92 Å². The first-order chi connectivity index (χ1) is 9.61. The van der Waals surface area contributed by atoms with Gasteiger partial charge >= 0.3 is 11.8 Å². The summed E-state index contributed by atoms with van der Waals surface area (Å²) in [6, 6.07) is 5.26. The Morgan fingerprint density at radius 3 is 2.95 bits per heavy atom. The molecule has 2 amide bonds. The number of unbranched alkanes of at least 4 members (excludes halogenated alkanes) is 1. The van der Waals surface area contributed by atoms with Crippen molar-refractivity contribution in [2.24, 2.45) is 0 Å². The number of nitrogens with one attached hydrogen (secondary N) is 2. The van der Waals surface area contributed by atoms with Crippen molar-refractivity contribution in [1.82, 2.24) is 14.9 Å². The average molecular weight is 274 g/mol. The van der Waals surface area contributed by atoms with Crippen molar-refractivity contribution in [3.8, 4) is 0 Å². The lowest BCUT2D eigenvalue weighted by molar-refractivity contribution is -0.142. The molecular formula is C14H18N4O2. The molecule has 0 saturated carbocycles. The number of aromatic nitrogens is 2. The van der Waals surface area contributed by atoms with Crippen LogP contribution >= 0.6 is 0 Å². The van der Waals surface area contributed by atoms with E-state index in [0.717, 1.165) is 23.9 Å². The fourth-order valence-corrected chi connectivity index (χ4v) is 1.87. The summed E-state index contributed by atoms with van der Waals surface area (Å²) in [6.07, 6.45) is 3.45. The highest BCUT2D eigenvalue weighted by Gasteiger charge is 2.18. The number of hydrogen-bond donors (Lipinski definition) is 2. The van der Waals surface area contributed by atoms with Crippen molar-refractivity contribution >= 4 is 28.5 Å². The van der Waals surface area contributed by atoms with Crippen molar-refractivity contribution in [1.29, 1.82) is 0 Å². The summed E-state index contributed by atoms with van der Waals surface area (Å²) in [5, 5.41) is 2.60. The van der Waals surface area contributed by atoms with Crippen LogP contribution in [-0.4, -0.2) is 40.3 Å². The van der Waals surface area contributed by atoms with Crippen LogP contribution in [0.2, 0.25) is 0 Å². The Hall–Kier alpha value is -2.37. The summed E-state index contributed by atoms with van der Waals surface area (Å²) in [6.45, 7) is 2.63. The molecule has 0 aliphatic rings. The highest BCUT2D eigenvalue weighted by Crippen LogP contribution is 2.15. The van der Waals surface area contributed by atoms with Gasteiger partial charge in [0.1, 0.15) is 0 Å². The minimum absolute atomic E-state index is 0.525. The largest absolute Gasteiger partial charge is 0.345 e. The smallest absolute Gasteiger partial charge is 0.313 e. The maximum absolute atomic E-state index is 11.9. The van der Waals surface area contributed by atoms with Crippen molar-refractivity contribution in [2.75, 3.05) is 18.9 Å². The number of H-pyrrole nitrogens is 1. The van der Waals surface area contributed by atoms with Gasteiger partial charge in [0.25, 0.3) is 0 Å². The van der Waals surface area contributed by atoms with Gasteiger partial charge in [-0.3, -0.25) is 9.59 Å². The van der Waals surface area contributed by atoms with E-state index in [-0.39, 0.29) is 0 Å². The molecule has 2 rings (SSSR count). The van der Waals surface area contributed by atoms with Gasteiger partial charge in [0.15, 0.2) is 0 Å². The number of hydrogen-bond acceptors (Lipinski definition) is 3. The molecule has 0 fully saturated rings. The molecular weight excluding hydrogens is 256 g/mol. The lowest BCUT2D eigenvalue weighted by Crippen LogP contribution is -2.37. The minimum Gasteiger partial charge on any atom is -0.345 e. The number of carbonyl (C=O) groups is 2. The summed E-state index contributed by atoms with van der Waals surface area (Å²) in [5.74, 6) is -1.15. The molecule has 1 aromatic heterocycles. The maximum Gasteiger partial charge on any atom is 0.313 e. The lowest BCUT2D eigenvalue weighted by Gasteiger charge is -2.16. The standard InChI is InChI=1S/C14H18N4O2/c1-3-4-7-18(2)14(20)13(19)17-10-5-6-11-12(8-10)16-9-15-11/h5-6,8-9H,3-4,7H2,1-2H3,(H,15,16)(H,17,19). The first-order valence-electron chi connectivity index (χ1n) is 6.61. The van der Waals surface area contributed by atoms with Crippen LogP contribution < -0.4 is 5.32 Å². The molecule has 0 saturated heterocycles. The third-order valence-electron chi connectivity index (χ3n) is 3.07. The quantitative estimate of drug-likeness (QED) is 0.834. The number of carbonyl (C=O) groups excluding carboxylic acids is 2. The Bertz CT molecular complexity index is 620. The number of rotatable bonds is 4. The second-order valence-corrected chi connectivity index (χ2v) is 4.67. The van der Waals surface area contributed by atoms with Gasteiger partial charge in [-0.2, -0.15) is 0 Å². The highest BCUT2D eigenvalue weighted by molar-refractivity contribution is 6.39. The zero-order valence-corrected chi connectivity index (χ0v) is 11.6. The van der Waals surface area contributed by atoms with Crippen molar-refractivity contribution in [3.05, 3.63) is 24.5 Å². The van der Waals surface area contributed by atoms with Crippen LogP contribution in [0.3, 0.4) is 0 Å². The van der Waals surface area contributed by atoms with Crippen molar-refractivity contribution < 1.29 is 9.59 Å². The van der Waals surface area contributed by atoms with Gasteiger partial charge in [-0.05, 0) is 24.6 Å². The van der Waals surface area contributed by atoms with E-state index in [2.05, 4.69) is 15.3 Å². The number of nitrogens with zero attached hydrogens (tertiary/aromatic N) is 2. The predicted molar refractivity (Wildman–Crippen MR) is 77.3 cm³/mol. The van der Waals surface area contributed by atoms with Crippen LogP contribution in [0, 0.1) is 0 Å². The molecule has 6 heteroatoms. The van der Waals surface area contributed by atoms with E-state index in [1.165, 1.54) is 4.90 Å². The van der Waals surface area contributed by atoms with Gasteiger partial charge in [0.2, 0.25) is 0 Å². The monoisotopic (exact) mass is 274 g/mol. The molecule has 0 bridgehead atoms. The van der Waals surface area contributed by atoms with E-state index in [4.69, 9.17) is 0 Å². The maximum atomic E-state index is 11.9. The van der Waals surface area contributed by atoms with Crippen LogP contribution in [0.4, 0.5) is 5.69 Å². The summed E-state index contributed by atoms with van der Waals surface area (Å²) >= 11 is 0. The van der Waals surface area contributed by atoms with Crippen LogP contribution in [0.15, 0.2) is 24.5 Å². The van der Waals surface area contributed by atoms with Gasteiger partial charge in [-0.1, -0.05) is 13.3 Å². The topological polar surface area (TPSA) is 78.1 Å². The zero-order valence-electron chi connectivity index (χ0n) is 11.6. The van der Waals surface area contributed by atoms with Gasteiger partial charge in [-0.25, -0.2) is 4.98 Å². The molecule has 1 heterocycles. The van der Waals surface area contributed by atoms with Gasteiger partial charge in [0, 0.05) is 19.3 Å². The molecule has 1 aromatic carbocycles. The van der Waals surface area contributed by atoms with Gasteiger partial charge in [0.05, 0.1) is 17.4 Å². The minimum atomic E-state index is -0.623. The van der Waals surface area contributed by atoms with Crippen LogP contribution in [0.1, 0.15) is 19.8 Å². The fourth-order valence-electron chi connectivity index (χ4n) is 1.87. The Morgan fingerprint density at radius 1 is 1.40 bits per heavy atom. The fraction of sp³-hybridized carbons (Fsp3) is 0.357. The Kier molecular flexibility index (Phi) is 4.34. The molecule has 0 spiro atoms. The molecule has 20 heavy (non-hydrogen) atoms. The first-order valence-corrected chi connectivity index (χ1v) is 6.61. The van der Waals surface area contributed by atoms with Crippen LogP contribution in [0.25, 0.3) is 11.0 Å². The first kappa shape index (κ1) is 14.0. The molecule has 0 aliphatic heterocycles. The van der Waals surface area contributed by atoms with Crippen LogP contribution in [-0.2, 0) is 9.59 Å². The molecule has 0 aliphatic carbocycles. The van der Waals surface area contributed by atoms with Gasteiger partial charge < -0.3 is 15.2 Å². The number of amides is 2. The normalized spacial score (nSPS) is 10.5. The number of anilines is 1. The number of aromatic amines is 1. The number of imidazole rings is 1. The molecule has 0 unspecified atom stereocenters. The molecule has 0 atom stereocenters. The Morgan fingerprint density at radius 2 is 2.20 bits per heavy atom. The van der Waals surface area contributed by atoms with E-state index in [0.29, 0.717) is 12.2 Å². The third-order valence-corrected chi connectivity index (χ3v) is 3.07. The van der Waals surface area contributed by atoms with Gasteiger partial charge in [-0.15, -0.1) is 0 Å². The van der Waals surface area contributed by atoms with E-state index in [9.17, 15) is 9.59 Å². The SMILES string of the molecule is CCCCN(C)C(=O)C(=O)Nc1ccc2nc[nH]c2c1. The molecule has 2 aromatic rings. The molecule has 6 nitrogen and oxygen atoms in total. The number of likely N-dealkylation sites (N-methyl/N-ethyl adjacent to an activating group) is 1. The summed E-state index contributed by atoms with van der Waals surface area (Å²) < 4.78 is 0. The Labute approximate surface area is 117 Å².